The van der Waals surface area contributed by atoms with Crippen LogP contribution in [0.15, 0.2) is 179 Å². The van der Waals surface area contributed by atoms with Gasteiger partial charge in [0.2, 0.25) is 0 Å². The maximum Gasteiger partial charge on any atom is 0.160 e. The molecule has 5 nitrogen and oxygen atoms in total. The summed E-state index contributed by atoms with van der Waals surface area (Å²) in [6.07, 6.45) is 0. The van der Waals surface area contributed by atoms with Gasteiger partial charge in [-0.15, -0.1) is 0 Å². The number of aromatic nitrogens is 2. The first-order chi connectivity index (χ1) is 26.7. The normalized spacial score (nSPS) is 12.4. The molecule has 54 heavy (non-hydrogen) atoms. The van der Waals surface area contributed by atoms with Crippen LogP contribution in [-0.4, -0.2) is 29.1 Å². The Morgan fingerprint density at radius 2 is 1.26 bits per heavy atom. The van der Waals surface area contributed by atoms with Gasteiger partial charge in [-0.3, -0.25) is 14.7 Å². The van der Waals surface area contributed by atoms with E-state index in [1.165, 1.54) is 26.9 Å². The third-order valence-electron chi connectivity index (χ3n) is 11.1. The average molecular weight is 695 g/mol. The lowest BCUT2D eigenvalue weighted by Gasteiger charge is -2.26. The van der Waals surface area contributed by atoms with Crippen LogP contribution in [0.1, 0.15) is 11.1 Å². The lowest BCUT2D eigenvalue weighted by Crippen LogP contribution is -2.26. The first-order valence-electron chi connectivity index (χ1n) is 18.3. The number of hydrogen-bond donors (Lipinski definition) is 0. The van der Waals surface area contributed by atoms with Gasteiger partial charge in [0.05, 0.1) is 33.5 Å². The summed E-state index contributed by atoms with van der Waals surface area (Å²) in [5, 5.41) is 11.7. The Kier molecular flexibility index (Phi) is 6.61. The number of aliphatic imine (C=N–C) groups is 1. The van der Waals surface area contributed by atoms with Crippen molar-refractivity contribution in [3.8, 4) is 5.69 Å². The minimum absolute atomic E-state index is 0.893. The lowest BCUT2D eigenvalue weighted by molar-refractivity contribution is 0.671. The fraction of sp³-hybridized carbons (Fsp3) is 0.0408. The molecule has 0 fully saturated rings. The van der Waals surface area contributed by atoms with Gasteiger partial charge in [0, 0.05) is 63.2 Å². The van der Waals surface area contributed by atoms with Crippen molar-refractivity contribution in [2.75, 3.05) is 19.1 Å². The molecular formula is C49H34N4O. The molecule has 0 unspecified atom stereocenters. The predicted octanol–water partition coefficient (Wildman–Crippen LogP) is 12.3. The molecule has 0 saturated carbocycles. The van der Waals surface area contributed by atoms with Crippen molar-refractivity contribution in [3.05, 3.63) is 181 Å². The molecule has 0 aliphatic carbocycles. The van der Waals surface area contributed by atoms with Crippen molar-refractivity contribution in [1.29, 1.82) is 0 Å². The maximum absolute atomic E-state index is 6.72. The molecule has 8 aromatic carbocycles. The van der Waals surface area contributed by atoms with Gasteiger partial charge in [0.1, 0.15) is 5.58 Å². The maximum atomic E-state index is 6.72. The summed E-state index contributed by atoms with van der Waals surface area (Å²) in [5.74, 6) is 0. The number of furan rings is 1. The molecule has 0 atom stereocenters. The molecule has 5 heteroatoms. The third kappa shape index (κ3) is 4.30. The Bertz CT molecular complexity index is 3290. The zero-order valence-electron chi connectivity index (χ0n) is 29.9. The lowest BCUT2D eigenvalue weighted by atomic mass is 10.0. The van der Waals surface area contributed by atoms with Gasteiger partial charge in [0.25, 0.3) is 0 Å². The summed E-state index contributed by atoms with van der Waals surface area (Å²) >= 11 is 0. The molecule has 0 aliphatic heterocycles. The van der Waals surface area contributed by atoms with Crippen molar-refractivity contribution in [2.45, 2.75) is 0 Å². The molecule has 11 aromatic rings. The van der Waals surface area contributed by atoms with Crippen LogP contribution >= 0.6 is 0 Å². The van der Waals surface area contributed by atoms with Crippen molar-refractivity contribution in [1.82, 2.24) is 9.24 Å². The van der Waals surface area contributed by atoms with Crippen LogP contribution in [-0.2, 0) is 0 Å². The second kappa shape index (κ2) is 11.7. The summed E-state index contributed by atoms with van der Waals surface area (Å²) in [6, 6.07) is 60.6. The van der Waals surface area contributed by atoms with Crippen molar-refractivity contribution < 1.29 is 4.42 Å². The van der Waals surface area contributed by atoms with Crippen LogP contribution in [0, 0.1) is 0 Å². The molecule has 0 bridgehead atoms. The number of nitrogens with zero attached hydrogens (tertiary/aromatic N) is 4. The largest absolute Gasteiger partial charge is 0.454 e. The highest BCUT2D eigenvalue weighted by Gasteiger charge is 2.24. The minimum atomic E-state index is 0.893. The van der Waals surface area contributed by atoms with Gasteiger partial charge in [-0.2, -0.15) is 0 Å². The Balaban J connectivity index is 1.28. The van der Waals surface area contributed by atoms with Crippen molar-refractivity contribution in [3.63, 3.8) is 0 Å². The topological polar surface area (TPSA) is 38.6 Å². The van der Waals surface area contributed by atoms with Crippen molar-refractivity contribution in [2.24, 2.45) is 4.99 Å². The Hall–Kier alpha value is -7.11. The molecule has 11 rings (SSSR count). The number of benzene rings is 8. The highest BCUT2D eigenvalue weighted by atomic mass is 16.3. The summed E-state index contributed by atoms with van der Waals surface area (Å²) in [4.78, 5) is 4.84. The molecule has 0 radical (unpaired) electrons. The minimum Gasteiger partial charge on any atom is -0.454 e. The summed E-state index contributed by atoms with van der Waals surface area (Å²) in [7, 11) is 4.05. The van der Waals surface area contributed by atoms with Gasteiger partial charge in [-0.05, 0) is 59.3 Å². The smallest absolute Gasteiger partial charge is 0.160 e. The Morgan fingerprint density at radius 1 is 0.556 bits per heavy atom. The van der Waals surface area contributed by atoms with E-state index in [0.717, 1.165) is 77.6 Å². The molecule has 3 aromatic heterocycles. The van der Waals surface area contributed by atoms with Crippen LogP contribution in [0.2, 0.25) is 0 Å². The molecule has 0 amide bonds. The fourth-order valence-corrected chi connectivity index (χ4v) is 8.77. The highest BCUT2D eigenvalue weighted by Crippen LogP contribution is 2.44. The summed E-state index contributed by atoms with van der Waals surface area (Å²) < 4.78 is 11.5. The number of para-hydroxylation sites is 3. The number of rotatable bonds is 5. The van der Waals surface area contributed by atoms with Crippen LogP contribution in [0.4, 0.5) is 5.69 Å². The van der Waals surface area contributed by atoms with Gasteiger partial charge < -0.3 is 8.98 Å². The molecule has 0 aliphatic rings. The monoisotopic (exact) mass is 694 g/mol. The van der Waals surface area contributed by atoms with Crippen molar-refractivity contribution >= 4 is 87.7 Å². The van der Waals surface area contributed by atoms with E-state index >= 15 is 0 Å². The van der Waals surface area contributed by atoms with E-state index in [9.17, 15) is 0 Å². The number of fused-ring (bicyclic) bond motifs is 12. The molecule has 256 valence electrons. The molecule has 3 heterocycles. The first-order valence-corrected chi connectivity index (χ1v) is 18.3. The van der Waals surface area contributed by atoms with E-state index in [0.29, 0.717) is 0 Å². The molecule has 0 N–H and O–H groups in total. The van der Waals surface area contributed by atoms with E-state index in [4.69, 9.17) is 9.41 Å². The summed E-state index contributed by atoms with van der Waals surface area (Å²) in [5.41, 5.74) is 11.5. The van der Waals surface area contributed by atoms with Gasteiger partial charge in [0.15, 0.2) is 5.58 Å². The quantitative estimate of drug-likeness (QED) is 0.168. The van der Waals surface area contributed by atoms with Gasteiger partial charge in [-0.1, -0.05) is 121 Å². The Morgan fingerprint density at radius 3 is 2.09 bits per heavy atom. The predicted molar refractivity (Wildman–Crippen MR) is 227 cm³/mol. The van der Waals surface area contributed by atoms with Crippen LogP contribution in [0.3, 0.4) is 0 Å². The highest BCUT2D eigenvalue weighted by molar-refractivity contribution is 6.27. The van der Waals surface area contributed by atoms with E-state index in [2.05, 4.69) is 179 Å². The molecular weight excluding hydrogens is 661 g/mol. The van der Waals surface area contributed by atoms with Crippen LogP contribution < -0.4 is 5.01 Å². The van der Waals surface area contributed by atoms with Crippen LogP contribution in [0.5, 0.6) is 0 Å². The molecule has 0 spiro atoms. The standard InChI is InChI=1S/C49H34N4O/c1-50-47(32-16-5-3-6-17-32)38-22-11-13-23-41(38)51(2)53-42-28-25-31-15-9-10-20-34(31)46(42)40-29-39-36-26-27-37-35-21-12-14-24-45(35)54-49(37)48(36)52(43(39)30-44(40)53)33-18-7-4-8-19-33/h3-30H,1-2H3. The van der Waals surface area contributed by atoms with Gasteiger partial charge >= 0.3 is 0 Å². The van der Waals surface area contributed by atoms with E-state index in [1.54, 1.807) is 0 Å². The number of anilines is 1. The van der Waals surface area contributed by atoms with Gasteiger partial charge in [-0.25, -0.2) is 0 Å². The second-order valence-electron chi connectivity index (χ2n) is 14.0. The van der Waals surface area contributed by atoms with E-state index in [-0.39, 0.29) is 0 Å². The van der Waals surface area contributed by atoms with E-state index < -0.39 is 0 Å². The van der Waals surface area contributed by atoms with E-state index in [1.807, 2.05) is 19.2 Å². The zero-order valence-corrected chi connectivity index (χ0v) is 29.9. The average Bonchev–Trinajstić information content (AvgIpc) is 3.88. The number of hydrogen-bond acceptors (Lipinski definition) is 3. The second-order valence-corrected chi connectivity index (χ2v) is 14.0. The fourth-order valence-electron chi connectivity index (χ4n) is 8.77. The Labute approximate surface area is 311 Å². The first kappa shape index (κ1) is 30.5. The molecule has 0 saturated heterocycles. The van der Waals surface area contributed by atoms with Crippen LogP contribution in [0.25, 0.3) is 82.0 Å². The zero-order chi connectivity index (χ0) is 35.9. The summed E-state index contributed by atoms with van der Waals surface area (Å²) in [6.45, 7) is 0. The third-order valence-corrected chi connectivity index (χ3v) is 11.1. The SMILES string of the molecule is CN=C(c1ccccc1)c1ccccc1N(C)n1c2cc3c(cc2c2c4ccccc4ccc21)c1ccc2c4ccccc4oc2c1n3-c1ccccc1.